The van der Waals surface area contributed by atoms with Gasteiger partial charge >= 0.3 is 0 Å². The minimum Gasteiger partial charge on any atom is -0.360 e. The second-order valence-corrected chi connectivity index (χ2v) is 8.30. The van der Waals surface area contributed by atoms with Crippen molar-refractivity contribution in [3.05, 3.63) is 41.3 Å². The highest BCUT2D eigenvalue weighted by Gasteiger charge is 2.41. The number of rotatable bonds is 5. The first-order valence-electron chi connectivity index (χ1n) is 8.69. The molecule has 26 heavy (non-hydrogen) atoms. The molecule has 0 spiro atoms. The van der Waals surface area contributed by atoms with Crippen molar-refractivity contribution < 1.29 is 17.7 Å². The van der Waals surface area contributed by atoms with Gasteiger partial charge in [-0.1, -0.05) is 24.2 Å². The van der Waals surface area contributed by atoms with Crippen LogP contribution in [0.2, 0.25) is 0 Å². The first-order chi connectivity index (χ1) is 12.3. The zero-order chi connectivity index (χ0) is 18.9. The van der Waals surface area contributed by atoms with Crippen LogP contribution < -0.4 is 5.32 Å². The minimum absolute atomic E-state index is 0.0604. The van der Waals surface area contributed by atoms with E-state index in [1.165, 1.54) is 4.31 Å². The summed E-state index contributed by atoms with van der Waals surface area (Å²) >= 11 is 0. The molecule has 1 atom stereocenters. The van der Waals surface area contributed by atoms with Crippen LogP contribution in [0.4, 0.5) is 5.69 Å². The van der Waals surface area contributed by atoms with Crippen LogP contribution in [0.25, 0.3) is 0 Å². The van der Waals surface area contributed by atoms with Gasteiger partial charge in [-0.3, -0.25) is 4.79 Å². The Hall–Kier alpha value is -2.19. The van der Waals surface area contributed by atoms with E-state index in [9.17, 15) is 13.2 Å². The Bertz CT molecular complexity index is 901. The van der Waals surface area contributed by atoms with Crippen molar-refractivity contribution in [3.63, 3.8) is 0 Å². The molecule has 0 aliphatic carbocycles. The van der Waals surface area contributed by atoms with Crippen molar-refractivity contribution in [1.29, 1.82) is 0 Å². The lowest BCUT2D eigenvalue weighted by Gasteiger charge is -2.23. The van der Waals surface area contributed by atoms with Gasteiger partial charge in [0.1, 0.15) is 16.6 Å². The van der Waals surface area contributed by atoms with Crippen LogP contribution >= 0.6 is 0 Å². The predicted molar refractivity (Wildman–Crippen MR) is 97.3 cm³/mol. The fourth-order valence-electron chi connectivity index (χ4n) is 3.34. The highest BCUT2D eigenvalue weighted by Crippen LogP contribution is 2.30. The number of aryl methyl sites for hydroxylation is 3. The van der Waals surface area contributed by atoms with E-state index in [0.29, 0.717) is 30.8 Å². The Morgan fingerprint density at radius 1 is 1.38 bits per heavy atom. The van der Waals surface area contributed by atoms with E-state index in [4.69, 9.17) is 4.52 Å². The van der Waals surface area contributed by atoms with E-state index < -0.39 is 16.1 Å². The van der Waals surface area contributed by atoms with E-state index in [-0.39, 0.29) is 16.6 Å². The molecule has 2 aromatic rings. The third-order valence-corrected chi connectivity index (χ3v) is 6.80. The largest absolute Gasteiger partial charge is 0.360 e. The Morgan fingerprint density at radius 3 is 2.81 bits per heavy atom. The highest BCUT2D eigenvalue weighted by atomic mass is 32.2. The summed E-state index contributed by atoms with van der Waals surface area (Å²) in [7, 11) is -3.84. The number of nitrogens with one attached hydrogen (secondary N) is 1. The summed E-state index contributed by atoms with van der Waals surface area (Å²) in [4.78, 5) is 12.8. The molecule has 1 aliphatic rings. The summed E-state index contributed by atoms with van der Waals surface area (Å²) in [5.74, 6) is -0.0738. The molecule has 140 valence electrons. The van der Waals surface area contributed by atoms with Crippen molar-refractivity contribution in [2.45, 2.75) is 51.0 Å². The number of carbonyl (C=O) groups excluding carboxylic acids is 1. The van der Waals surface area contributed by atoms with Crippen molar-refractivity contribution in [1.82, 2.24) is 9.46 Å². The van der Waals surface area contributed by atoms with E-state index in [2.05, 4.69) is 10.5 Å². The smallest absolute Gasteiger partial charge is 0.249 e. The van der Waals surface area contributed by atoms with E-state index in [1.54, 1.807) is 19.9 Å². The van der Waals surface area contributed by atoms with Gasteiger partial charge in [0.2, 0.25) is 15.9 Å². The number of nitrogens with zero attached hydrogens (tertiary/aromatic N) is 2. The van der Waals surface area contributed by atoms with E-state index in [0.717, 1.165) is 12.0 Å². The molecule has 0 saturated carbocycles. The normalized spacial score (nSPS) is 18.2. The van der Waals surface area contributed by atoms with Gasteiger partial charge in [-0.05, 0) is 50.8 Å². The van der Waals surface area contributed by atoms with E-state index in [1.807, 2.05) is 25.1 Å². The first-order valence-corrected chi connectivity index (χ1v) is 10.1. The number of benzene rings is 1. The lowest BCUT2D eigenvalue weighted by molar-refractivity contribution is -0.119. The number of hydrogen-bond acceptors (Lipinski definition) is 5. The van der Waals surface area contributed by atoms with Gasteiger partial charge in [0.15, 0.2) is 5.76 Å². The van der Waals surface area contributed by atoms with Gasteiger partial charge in [0.25, 0.3) is 0 Å². The van der Waals surface area contributed by atoms with Gasteiger partial charge in [-0.2, -0.15) is 4.31 Å². The molecule has 0 radical (unpaired) electrons. The molecule has 1 fully saturated rings. The fraction of sp³-hybridized carbons (Fsp3) is 0.444. The maximum Gasteiger partial charge on any atom is 0.249 e. The standard InChI is InChI=1S/C18H23N3O4S/c1-4-14-7-5-8-15(11-14)19-18(22)16-9-6-10-21(16)26(23,24)17-12(2)20-25-13(17)3/h5,7-8,11,16H,4,6,9-10H2,1-3H3,(H,19,22). The first kappa shape index (κ1) is 18.6. The van der Waals surface area contributed by atoms with Crippen molar-refractivity contribution in [2.24, 2.45) is 0 Å². The van der Waals surface area contributed by atoms with Crippen molar-refractivity contribution in [2.75, 3.05) is 11.9 Å². The summed E-state index contributed by atoms with van der Waals surface area (Å²) in [5, 5.41) is 6.58. The van der Waals surface area contributed by atoms with Crippen LogP contribution in [0, 0.1) is 13.8 Å². The SMILES string of the molecule is CCc1cccc(NC(=O)C2CCCN2S(=O)(=O)c2c(C)noc2C)c1. The molecule has 1 aromatic heterocycles. The molecule has 1 N–H and O–H groups in total. The van der Waals surface area contributed by atoms with Crippen LogP contribution in [-0.2, 0) is 21.2 Å². The molecular formula is C18H23N3O4S. The Kier molecular flexibility index (Phi) is 5.15. The lowest BCUT2D eigenvalue weighted by atomic mass is 10.1. The van der Waals surface area contributed by atoms with Gasteiger partial charge in [-0.25, -0.2) is 8.42 Å². The maximum absolute atomic E-state index is 13.1. The summed E-state index contributed by atoms with van der Waals surface area (Å²) in [6.07, 6.45) is 1.98. The Morgan fingerprint density at radius 2 is 2.15 bits per heavy atom. The Labute approximate surface area is 153 Å². The number of sulfonamides is 1. The van der Waals surface area contributed by atoms with Crippen LogP contribution in [0.5, 0.6) is 0 Å². The molecule has 1 amide bonds. The number of hydrogen-bond donors (Lipinski definition) is 1. The van der Waals surface area contributed by atoms with E-state index >= 15 is 0 Å². The fourth-order valence-corrected chi connectivity index (χ4v) is 5.30. The molecule has 7 nitrogen and oxygen atoms in total. The van der Waals surface area contributed by atoms with Gasteiger partial charge < -0.3 is 9.84 Å². The quantitative estimate of drug-likeness (QED) is 0.865. The summed E-state index contributed by atoms with van der Waals surface area (Å²) in [5.41, 5.74) is 2.09. The Balaban J connectivity index is 1.84. The molecule has 1 aromatic carbocycles. The number of anilines is 1. The predicted octanol–water partition coefficient (Wildman–Crippen LogP) is 2.65. The number of carbonyl (C=O) groups is 1. The third-order valence-electron chi connectivity index (χ3n) is 4.64. The maximum atomic E-state index is 13.1. The molecule has 1 unspecified atom stereocenters. The summed E-state index contributed by atoms with van der Waals surface area (Å²) in [6, 6.07) is 6.83. The molecule has 8 heteroatoms. The summed E-state index contributed by atoms with van der Waals surface area (Å²) < 4.78 is 32.4. The number of amides is 1. The van der Waals surface area contributed by atoms with Crippen LogP contribution in [0.1, 0.15) is 36.8 Å². The lowest BCUT2D eigenvalue weighted by Crippen LogP contribution is -2.43. The average Bonchev–Trinajstić information content (AvgIpc) is 3.22. The molecule has 1 aliphatic heterocycles. The van der Waals surface area contributed by atoms with Crippen LogP contribution in [0.15, 0.2) is 33.7 Å². The topological polar surface area (TPSA) is 92.5 Å². The molecule has 0 bridgehead atoms. The van der Waals surface area contributed by atoms with Crippen LogP contribution in [0.3, 0.4) is 0 Å². The van der Waals surface area contributed by atoms with Crippen molar-refractivity contribution in [3.8, 4) is 0 Å². The minimum atomic E-state index is -3.84. The second kappa shape index (κ2) is 7.20. The van der Waals surface area contributed by atoms with Gasteiger partial charge in [0.05, 0.1) is 0 Å². The molecule has 2 heterocycles. The van der Waals surface area contributed by atoms with Gasteiger partial charge in [0, 0.05) is 12.2 Å². The van der Waals surface area contributed by atoms with Crippen LogP contribution in [-0.4, -0.2) is 36.4 Å². The third kappa shape index (κ3) is 3.39. The van der Waals surface area contributed by atoms with Gasteiger partial charge in [-0.15, -0.1) is 0 Å². The zero-order valence-electron chi connectivity index (χ0n) is 15.2. The average molecular weight is 377 g/mol. The second-order valence-electron chi connectivity index (χ2n) is 6.47. The highest BCUT2D eigenvalue weighted by molar-refractivity contribution is 7.89. The molecule has 1 saturated heterocycles. The molecule has 3 rings (SSSR count). The monoisotopic (exact) mass is 377 g/mol. The van der Waals surface area contributed by atoms with Crippen molar-refractivity contribution >= 4 is 21.6 Å². The molecular weight excluding hydrogens is 354 g/mol. The zero-order valence-corrected chi connectivity index (χ0v) is 16.0. The number of aromatic nitrogens is 1. The summed E-state index contributed by atoms with van der Waals surface area (Å²) in [6.45, 7) is 5.49.